The number of sulfonamides is 1. The lowest BCUT2D eigenvalue weighted by atomic mass is 10.0. The van der Waals surface area contributed by atoms with Crippen molar-refractivity contribution >= 4 is 10.0 Å². The molecule has 0 heterocycles. The predicted molar refractivity (Wildman–Crippen MR) is 139 cm³/mol. The van der Waals surface area contributed by atoms with E-state index in [1.807, 2.05) is 55.5 Å². The number of hydrogen-bond donors (Lipinski definition) is 0. The quantitative estimate of drug-likeness (QED) is 0.230. The third-order valence-corrected chi connectivity index (χ3v) is 8.37. The third-order valence-electron chi connectivity index (χ3n) is 5.93. The molecular formula is C27H39NO6S. The van der Waals surface area contributed by atoms with Crippen LogP contribution in [0, 0.1) is 5.92 Å². The van der Waals surface area contributed by atoms with Crippen molar-refractivity contribution in [2.45, 2.75) is 38.1 Å². The van der Waals surface area contributed by atoms with E-state index in [9.17, 15) is 8.42 Å². The Labute approximate surface area is 210 Å². The molecule has 0 amide bonds. The van der Waals surface area contributed by atoms with E-state index >= 15 is 0 Å². The number of rotatable bonds is 17. The van der Waals surface area contributed by atoms with Gasteiger partial charge < -0.3 is 18.9 Å². The van der Waals surface area contributed by atoms with Gasteiger partial charge in [0.15, 0.2) is 0 Å². The normalized spacial score (nSPS) is 13.4. The Hall–Kier alpha value is -2.39. The number of hydrogen-bond acceptors (Lipinski definition) is 6. The monoisotopic (exact) mass is 505 g/mol. The van der Waals surface area contributed by atoms with Gasteiger partial charge in [-0.15, -0.1) is 6.58 Å². The van der Waals surface area contributed by atoms with Crippen LogP contribution in [-0.2, 0) is 32.6 Å². The molecule has 0 saturated heterocycles. The van der Waals surface area contributed by atoms with Gasteiger partial charge in [0.05, 0.1) is 32.7 Å². The van der Waals surface area contributed by atoms with Crippen molar-refractivity contribution in [2.24, 2.45) is 5.92 Å². The first-order valence-corrected chi connectivity index (χ1v) is 13.3. The van der Waals surface area contributed by atoms with E-state index < -0.39 is 15.3 Å². The lowest BCUT2D eigenvalue weighted by molar-refractivity contribution is 0.0676. The van der Waals surface area contributed by atoms with Crippen molar-refractivity contribution in [2.75, 3.05) is 41.2 Å². The Bertz CT molecular complexity index is 926. The van der Waals surface area contributed by atoms with Crippen molar-refractivity contribution < 1.29 is 27.4 Å². The van der Waals surface area contributed by atoms with Crippen LogP contribution >= 0.6 is 0 Å². The standard InChI is InChI=1S/C27H39NO6S/c1-6-7-22(2)27(16-17-34-19-18-31-3)35(29,30)28(20-23-8-12-25(32-4)13-9-23)21-24-10-14-26(33-5)15-11-24/h6,8-15,22,27H,1,7,16-21H2,2-5H3/t22-,27-/m0/s1. The fourth-order valence-corrected chi connectivity index (χ4v) is 6.02. The van der Waals surface area contributed by atoms with Crippen LogP contribution in [0.3, 0.4) is 0 Å². The van der Waals surface area contributed by atoms with Crippen LogP contribution in [0.15, 0.2) is 61.2 Å². The molecule has 0 fully saturated rings. The Morgan fingerprint density at radius 3 is 1.80 bits per heavy atom. The molecular weight excluding hydrogens is 466 g/mol. The maximum atomic E-state index is 14.1. The molecule has 2 aromatic carbocycles. The average molecular weight is 506 g/mol. The van der Waals surface area contributed by atoms with Crippen molar-refractivity contribution in [3.8, 4) is 11.5 Å². The summed E-state index contributed by atoms with van der Waals surface area (Å²) >= 11 is 0. The minimum Gasteiger partial charge on any atom is -0.497 e. The molecule has 194 valence electrons. The highest BCUT2D eigenvalue weighted by molar-refractivity contribution is 7.89. The third kappa shape index (κ3) is 8.96. The molecule has 8 heteroatoms. The SMILES string of the molecule is C=CC[C@H](C)[C@H](CCOCCOC)S(=O)(=O)N(Cc1ccc(OC)cc1)Cc1ccc(OC)cc1. The second-order valence-electron chi connectivity index (χ2n) is 8.44. The molecule has 0 N–H and O–H groups in total. The van der Waals surface area contributed by atoms with E-state index in [0.29, 0.717) is 32.7 Å². The first-order chi connectivity index (χ1) is 16.8. The van der Waals surface area contributed by atoms with Gasteiger partial charge in [0, 0.05) is 26.8 Å². The average Bonchev–Trinajstić information content (AvgIpc) is 2.86. The fraction of sp³-hybridized carbons (Fsp3) is 0.481. The summed E-state index contributed by atoms with van der Waals surface area (Å²) in [5, 5.41) is -0.612. The second-order valence-corrected chi connectivity index (χ2v) is 10.6. The van der Waals surface area contributed by atoms with Gasteiger partial charge in [-0.1, -0.05) is 37.3 Å². The topological polar surface area (TPSA) is 74.3 Å². The number of allylic oxidation sites excluding steroid dienone is 1. The van der Waals surface area contributed by atoms with E-state index in [4.69, 9.17) is 18.9 Å². The van der Waals surface area contributed by atoms with E-state index in [1.165, 1.54) is 0 Å². The molecule has 0 aliphatic carbocycles. The Morgan fingerprint density at radius 2 is 1.37 bits per heavy atom. The zero-order valence-electron chi connectivity index (χ0n) is 21.3. The van der Waals surface area contributed by atoms with Gasteiger partial charge in [-0.2, -0.15) is 4.31 Å². The van der Waals surface area contributed by atoms with E-state index in [2.05, 4.69) is 6.58 Å². The largest absolute Gasteiger partial charge is 0.497 e. The summed E-state index contributed by atoms with van der Waals surface area (Å²) in [5.41, 5.74) is 1.77. The van der Waals surface area contributed by atoms with Crippen LogP contribution in [0.1, 0.15) is 30.9 Å². The van der Waals surface area contributed by atoms with Gasteiger partial charge in [-0.05, 0) is 54.2 Å². The number of benzene rings is 2. The summed E-state index contributed by atoms with van der Waals surface area (Å²) < 4.78 is 50.9. The number of ether oxygens (including phenoxy) is 4. The van der Waals surface area contributed by atoms with Gasteiger partial charge in [-0.3, -0.25) is 0 Å². The van der Waals surface area contributed by atoms with Crippen LogP contribution in [0.2, 0.25) is 0 Å². The predicted octanol–water partition coefficient (Wildman–Crippen LogP) is 4.67. The molecule has 0 aromatic heterocycles. The highest BCUT2D eigenvalue weighted by Crippen LogP contribution is 2.27. The highest BCUT2D eigenvalue weighted by atomic mass is 32.2. The number of methoxy groups -OCH3 is 3. The van der Waals surface area contributed by atoms with Gasteiger partial charge in [0.25, 0.3) is 0 Å². The van der Waals surface area contributed by atoms with Gasteiger partial charge in [-0.25, -0.2) is 8.42 Å². The molecule has 0 bridgehead atoms. The van der Waals surface area contributed by atoms with Crippen molar-refractivity contribution in [1.82, 2.24) is 4.31 Å². The molecule has 2 rings (SSSR count). The molecule has 7 nitrogen and oxygen atoms in total. The molecule has 0 aliphatic rings. The Kier molecular flexibility index (Phi) is 12.3. The zero-order chi connectivity index (χ0) is 25.7. The second kappa shape index (κ2) is 14.9. The maximum absolute atomic E-state index is 14.1. The van der Waals surface area contributed by atoms with Crippen molar-refractivity contribution in [1.29, 1.82) is 0 Å². The van der Waals surface area contributed by atoms with E-state index in [1.54, 1.807) is 31.7 Å². The summed E-state index contributed by atoms with van der Waals surface area (Å²) in [7, 11) is 1.13. The number of nitrogens with zero attached hydrogens (tertiary/aromatic N) is 1. The van der Waals surface area contributed by atoms with Crippen LogP contribution in [0.5, 0.6) is 11.5 Å². The lowest BCUT2D eigenvalue weighted by Gasteiger charge is -2.31. The Morgan fingerprint density at radius 1 is 0.857 bits per heavy atom. The summed E-state index contributed by atoms with van der Waals surface area (Å²) in [4.78, 5) is 0. The molecule has 0 radical (unpaired) electrons. The zero-order valence-corrected chi connectivity index (χ0v) is 22.1. The summed E-state index contributed by atoms with van der Waals surface area (Å²) in [6.07, 6.45) is 2.76. The molecule has 0 spiro atoms. The first kappa shape index (κ1) is 28.8. The van der Waals surface area contributed by atoms with E-state index in [-0.39, 0.29) is 19.0 Å². The summed E-state index contributed by atoms with van der Waals surface area (Å²) in [6.45, 7) is 7.52. The molecule has 0 unspecified atom stereocenters. The van der Waals surface area contributed by atoms with Crippen LogP contribution < -0.4 is 9.47 Å². The highest BCUT2D eigenvalue weighted by Gasteiger charge is 2.35. The van der Waals surface area contributed by atoms with Crippen molar-refractivity contribution in [3.05, 3.63) is 72.3 Å². The van der Waals surface area contributed by atoms with Crippen molar-refractivity contribution in [3.63, 3.8) is 0 Å². The fourth-order valence-electron chi connectivity index (χ4n) is 3.88. The first-order valence-electron chi connectivity index (χ1n) is 11.8. The maximum Gasteiger partial charge on any atom is 0.217 e. The van der Waals surface area contributed by atoms with Gasteiger partial charge in [0.2, 0.25) is 10.0 Å². The van der Waals surface area contributed by atoms with Gasteiger partial charge >= 0.3 is 0 Å². The van der Waals surface area contributed by atoms with Gasteiger partial charge in [0.1, 0.15) is 11.5 Å². The molecule has 2 atom stereocenters. The minimum absolute atomic E-state index is 0.113. The van der Waals surface area contributed by atoms with Crippen LogP contribution in [-0.4, -0.2) is 59.1 Å². The minimum atomic E-state index is -3.69. The Balaban J connectivity index is 2.34. The molecule has 2 aromatic rings. The molecule has 35 heavy (non-hydrogen) atoms. The van der Waals surface area contributed by atoms with Crippen LogP contribution in [0.25, 0.3) is 0 Å². The smallest absolute Gasteiger partial charge is 0.217 e. The van der Waals surface area contributed by atoms with Crippen LogP contribution in [0.4, 0.5) is 0 Å². The molecule has 0 saturated carbocycles. The summed E-state index contributed by atoms with van der Waals surface area (Å²) in [5.74, 6) is 1.34. The summed E-state index contributed by atoms with van der Waals surface area (Å²) in [6, 6.07) is 14.9. The lowest BCUT2D eigenvalue weighted by Crippen LogP contribution is -2.41. The molecule has 0 aliphatic heterocycles. The van der Waals surface area contributed by atoms with E-state index in [0.717, 1.165) is 22.6 Å².